The lowest BCUT2D eigenvalue weighted by Gasteiger charge is -2.21. The number of nitrogens with zero attached hydrogens (tertiary/aromatic N) is 1. The highest BCUT2D eigenvalue weighted by Crippen LogP contribution is 2.35. The van der Waals surface area contributed by atoms with Crippen LogP contribution in [0.25, 0.3) is 0 Å². The summed E-state index contributed by atoms with van der Waals surface area (Å²) in [6.45, 7) is 1.57. The molecule has 1 heterocycles. The van der Waals surface area contributed by atoms with Gasteiger partial charge in [0.05, 0.1) is 12.6 Å². The number of rotatable bonds is 6. The van der Waals surface area contributed by atoms with Crippen LogP contribution in [0.2, 0.25) is 0 Å². The second-order valence-electron chi connectivity index (χ2n) is 5.74. The standard InChI is InChI=1S/C16H22N2O2/c1-20-11-15(12-7-8-12)17-13-4-2-5-14(10-13)18-9-3-6-16(18)19/h2,4-5,10,12,15,17H,3,6-9,11H2,1H3. The van der Waals surface area contributed by atoms with E-state index in [-0.39, 0.29) is 5.91 Å². The molecule has 108 valence electrons. The Morgan fingerprint density at radius 3 is 2.95 bits per heavy atom. The Morgan fingerprint density at radius 2 is 2.30 bits per heavy atom. The number of ether oxygens (including phenoxy) is 1. The van der Waals surface area contributed by atoms with E-state index >= 15 is 0 Å². The van der Waals surface area contributed by atoms with Gasteiger partial charge in [-0.2, -0.15) is 0 Å². The smallest absolute Gasteiger partial charge is 0.227 e. The largest absolute Gasteiger partial charge is 0.383 e. The van der Waals surface area contributed by atoms with Crippen LogP contribution in [0.4, 0.5) is 11.4 Å². The zero-order chi connectivity index (χ0) is 13.9. The molecular weight excluding hydrogens is 252 g/mol. The minimum atomic E-state index is 0.234. The van der Waals surface area contributed by atoms with Gasteiger partial charge < -0.3 is 15.0 Å². The van der Waals surface area contributed by atoms with Gasteiger partial charge in [0.1, 0.15) is 0 Å². The molecule has 1 aliphatic heterocycles. The maximum atomic E-state index is 11.8. The van der Waals surface area contributed by atoms with E-state index in [9.17, 15) is 4.79 Å². The predicted molar refractivity (Wildman–Crippen MR) is 80.0 cm³/mol. The van der Waals surface area contributed by atoms with Crippen molar-refractivity contribution in [2.75, 3.05) is 30.5 Å². The summed E-state index contributed by atoms with van der Waals surface area (Å²) < 4.78 is 5.30. The minimum Gasteiger partial charge on any atom is -0.383 e. The molecule has 20 heavy (non-hydrogen) atoms. The molecule has 3 rings (SSSR count). The van der Waals surface area contributed by atoms with Crippen LogP contribution in [0, 0.1) is 5.92 Å². The maximum Gasteiger partial charge on any atom is 0.227 e. The molecule has 4 nitrogen and oxygen atoms in total. The van der Waals surface area contributed by atoms with Gasteiger partial charge in [0.2, 0.25) is 5.91 Å². The van der Waals surface area contributed by atoms with E-state index in [0.717, 1.165) is 36.9 Å². The Kier molecular flexibility index (Phi) is 3.92. The molecule has 1 aromatic rings. The van der Waals surface area contributed by atoms with Crippen LogP contribution in [-0.4, -0.2) is 32.2 Å². The van der Waals surface area contributed by atoms with Gasteiger partial charge in [-0.15, -0.1) is 0 Å². The summed E-state index contributed by atoms with van der Waals surface area (Å²) in [5, 5.41) is 3.56. The number of benzene rings is 1. The molecule has 4 heteroatoms. The first kappa shape index (κ1) is 13.4. The van der Waals surface area contributed by atoms with Gasteiger partial charge in [0.25, 0.3) is 0 Å². The lowest BCUT2D eigenvalue weighted by Crippen LogP contribution is -2.27. The topological polar surface area (TPSA) is 41.6 Å². The normalized spacial score (nSPS) is 20.2. The number of hydrogen-bond donors (Lipinski definition) is 1. The quantitative estimate of drug-likeness (QED) is 0.867. The van der Waals surface area contributed by atoms with Crippen molar-refractivity contribution in [2.45, 2.75) is 31.7 Å². The Morgan fingerprint density at radius 1 is 1.45 bits per heavy atom. The van der Waals surface area contributed by atoms with E-state index in [1.54, 1.807) is 7.11 Å². The minimum absolute atomic E-state index is 0.234. The van der Waals surface area contributed by atoms with Crippen molar-refractivity contribution in [3.05, 3.63) is 24.3 Å². The van der Waals surface area contributed by atoms with E-state index in [4.69, 9.17) is 4.74 Å². The monoisotopic (exact) mass is 274 g/mol. The molecule has 2 fully saturated rings. The van der Waals surface area contributed by atoms with Crippen molar-refractivity contribution < 1.29 is 9.53 Å². The van der Waals surface area contributed by atoms with Crippen LogP contribution in [-0.2, 0) is 9.53 Å². The van der Waals surface area contributed by atoms with Crippen molar-refractivity contribution in [3.8, 4) is 0 Å². The van der Waals surface area contributed by atoms with E-state index in [1.807, 2.05) is 17.0 Å². The van der Waals surface area contributed by atoms with E-state index in [1.165, 1.54) is 12.8 Å². The highest BCUT2D eigenvalue weighted by atomic mass is 16.5. The van der Waals surface area contributed by atoms with E-state index < -0.39 is 0 Å². The third-order valence-corrected chi connectivity index (χ3v) is 4.12. The number of amides is 1. The molecule has 1 aromatic carbocycles. The molecule has 1 atom stereocenters. The first-order valence-electron chi connectivity index (χ1n) is 7.44. The van der Waals surface area contributed by atoms with Gasteiger partial charge >= 0.3 is 0 Å². The first-order chi connectivity index (χ1) is 9.78. The fraction of sp³-hybridized carbons (Fsp3) is 0.562. The fourth-order valence-electron chi connectivity index (χ4n) is 2.87. The van der Waals surface area contributed by atoms with Crippen LogP contribution in [0.3, 0.4) is 0 Å². The summed E-state index contributed by atoms with van der Waals surface area (Å²) in [5.74, 6) is 0.963. The van der Waals surface area contributed by atoms with Gasteiger partial charge in [0, 0.05) is 31.5 Å². The first-order valence-corrected chi connectivity index (χ1v) is 7.44. The second-order valence-corrected chi connectivity index (χ2v) is 5.74. The molecule has 1 saturated carbocycles. The van der Waals surface area contributed by atoms with Gasteiger partial charge in [-0.05, 0) is 43.4 Å². The molecule has 1 N–H and O–H groups in total. The highest BCUT2D eigenvalue weighted by molar-refractivity contribution is 5.95. The highest BCUT2D eigenvalue weighted by Gasteiger charge is 2.31. The molecule has 0 spiro atoms. The zero-order valence-electron chi connectivity index (χ0n) is 12.0. The Labute approximate surface area is 120 Å². The molecule has 0 bridgehead atoms. The second kappa shape index (κ2) is 5.83. The van der Waals surface area contributed by atoms with Crippen LogP contribution in [0.5, 0.6) is 0 Å². The fourth-order valence-corrected chi connectivity index (χ4v) is 2.87. The average Bonchev–Trinajstić information content (AvgIpc) is 3.21. The molecule has 0 radical (unpaired) electrons. The van der Waals surface area contributed by atoms with Crippen molar-refractivity contribution >= 4 is 17.3 Å². The molecule has 1 amide bonds. The van der Waals surface area contributed by atoms with Crippen molar-refractivity contribution in [2.24, 2.45) is 5.92 Å². The number of carbonyl (C=O) groups excluding carboxylic acids is 1. The van der Waals surface area contributed by atoms with Gasteiger partial charge in [-0.3, -0.25) is 4.79 Å². The van der Waals surface area contributed by atoms with Crippen LogP contribution < -0.4 is 10.2 Å². The number of carbonyl (C=O) groups is 1. The Balaban J connectivity index is 1.71. The summed E-state index contributed by atoms with van der Waals surface area (Å²) in [5.41, 5.74) is 2.08. The van der Waals surface area contributed by atoms with Crippen molar-refractivity contribution in [1.29, 1.82) is 0 Å². The molecule has 2 aliphatic rings. The summed E-state index contributed by atoms with van der Waals surface area (Å²) in [4.78, 5) is 13.7. The number of hydrogen-bond acceptors (Lipinski definition) is 3. The lowest BCUT2D eigenvalue weighted by molar-refractivity contribution is -0.117. The maximum absolute atomic E-state index is 11.8. The summed E-state index contributed by atoms with van der Waals surface area (Å²) >= 11 is 0. The van der Waals surface area contributed by atoms with Gasteiger partial charge in [-0.25, -0.2) is 0 Å². The summed E-state index contributed by atoms with van der Waals surface area (Å²) in [7, 11) is 1.75. The van der Waals surface area contributed by atoms with Crippen LogP contribution in [0.15, 0.2) is 24.3 Å². The van der Waals surface area contributed by atoms with Crippen LogP contribution >= 0.6 is 0 Å². The van der Waals surface area contributed by atoms with Gasteiger partial charge in [0.15, 0.2) is 0 Å². The number of nitrogens with one attached hydrogen (secondary N) is 1. The lowest BCUT2D eigenvalue weighted by atomic mass is 10.1. The molecule has 1 saturated heterocycles. The van der Waals surface area contributed by atoms with Gasteiger partial charge in [-0.1, -0.05) is 6.07 Å². The zero-order valence-corrected chi connectivity index (χ0v) is 12.0. The van der Waals surface area contributed by atoms with Crippen LogP contribution in [0.1, 0.15) is 25.7 Å². The van der Waals surface area contributed by atoms with E-state index in [0.29, 0.717) is 12.5 Å². The van der Waals surface area contributed by atoms with Crippen molar-refractivity contribution in [3.63, 3.8) is 0 Å². The molecule has 1 unspecified atom stereocenters. The van der Waals surface area contributed by atoms with Crippen molar-refractivity contribution in [1.82, 2.24) is 0 Å². The molecular formula is C16H22N2O2. The molecule has 0 aromatic heterocycles. The Bertz CT molecular complexity index is 485. The molecule has 1 aliphatic carbocycles. The summed E-state index contributed by atoms with van der Waals surface area (Å²) in [6.07, 6.45) is 4.20. The number of anilines is 2. The Hall–Kier alpha value is -1.55. The average molecular weight is 274 g/mol. The van der Waals surface area contributed by atoms with E-state index in [2.05, 4.69) is 17.4 Å². The summed E-state index contributed by atoms with van der Waals surface area (Å²) in [6, 6.07) is 8.55. The SMILES string of the molecule is COCC(Nc1cccc(N2CCCC2=O)c1)C1CC1. The number of methoxy groups -OCH3 is 1. The third kappa shape index (κ3) is 2.96. The third-order valence-electron chi connectivity index (χ3n) is 4.12. The predicted octanol–water partition coefficient (Wildman–Crippen LogP) is 2.65.